The van der Waals surface area contributed by atoms with E-state index >= 15 is 0 Å². The van der Waals surface area contributed by atoms with Gasteiger partial charge in [-0.1, -0.05) is 30.1 Å². The number of rotatable bonds is 1. The Bertz CT molecular complexity index is 554. The molecule has 1 heterocycles. The number of ether oxygens (including phenoxy) is 1. The molecule has 0 bridgehead atoms. The number of nitrogens with zero attached hydrogens (tertiary/aromatic N) is 1. The fraction of sp³-hybridized carbons (Fsp3) is 0.333. The van der Waals surface area contributed by atoms with Crippen LogP contribution in [0.25, 0.3) is 0 Å². The average molecular weight is 286 g/mol. The van der Waals surface area contributed by atoms with E-state index in [1.54, 1.807) is 0 Å². The lowest BCUT2D eigenvalue weighted by Crippen LogP contribution is -2.32. The minimum atomic E-state index is -0.953. The van der Waals surface area contributed by atoms with Gasteiger partial charge < -0.3 is 4.74 Å². The van der Waals surface area contributed by atoms with Gasteiger partial charge in [0.1, 0.15) is 0 Å². The molecule has 94 valence electrons. The fourth-order valence-corrected chi connectivity index (χ4v) is 2.76. The third-order valence-corrected chi connectivity index (χ3v) is 3.80. The number of hydrogen-bond donors (Lipinski definition) is 0. The van der Waals surface area contributed by atoms with Gasteiger partial charge in [0.15, 0.2) is 5.60 Å². The van der Waals surface area contributed by atoms with Crippen LogP contribution in [0.4, 0.5) is 10.5 Å². The summed E-state index contributed by atoms with van der Waals surface area (Å²) >= 11 is 11.7. The van der Waals surface area contributed by atoms with E-state index in [1.165, 1.54) is 18.2 Å². The van der Waals surface area contributed by atoms with Crippen LogP contribution in [0.2, 0.25) is 10.0 Å². The lowest BCUT2D eigenvalue weighted by Gasteiger charge is -2.11. The normalized spacial score (nSPS) is 29.9. The SMILES string of the molecule is C[C@H]1C[C@@]12OC(=O)N(c1cc(Cl)cc(Cl)c1)C2=O. The zero-order valence-electron chi connectivity index (χ0n) is 9.44. The minimum absolute atomic E-state index is 0.0635. The molecular weight excluding hydrogens is 277 g/mol. The molecule has 2 atom stereocenters. The highest BCUT2D eigenvalue weighted by Gasteiger charge is 2.68. The van der Waals surface area contributed by atoms with Crippen LogP contribution in [0, 0.1) is 5.92 Å². The molecule has 18 heavy (non-hydrogen) atoms. The van der Waals surface area contributed by atoms with E-state index in [0.717, 1.165) is 4.90 Å². The van der Waals surface area contributed by atoms with Crippen LogP contribution in [-0.2, 0) is 9.53 Å². The fourth-order valence-electron chi connectivity index (χ4n) is 2.24. The molecule has 0 N–H and O–H groups in total. The van der Waals surface area contributed by atoms with Gasteiger partial charge >= 0.3 is 6.09 Å². The molecule has 1 saturated heterocycles. The van der Waals surface area contributed by atoms with E-state index in [2.05, 4.69) is 0 Å². The van der Waals surface area contributed by atoms with Crippen molar-refractivity contribution in [1.82, 2.24) is 0 Å². The summed E-state index contributed by atoms with van der Waals surface area (Å²) in [5.74, 6) is -0.271. The Morgan fingerprint density at radius 1 is 1.28 bits per heavy atom. The smallest absolute Gasteiger partial charge is 0.422 e. The molecule has 1 saturated carbocycles. The number of benzene rings is 1. The lowest BCUT2D eigenvalue weighted by molar-refractivity contribution is -0.124. The molecular formula is C12H9Cl2NO3. The first-order chi connectivity index (χ1) is 8.44. The predicted octanol–water partition coefficient (Wildman–Crippen LogP) is 3.26. The molecule has 0 radical (unpaired) electrons. The monoisotopic (exact) mass is 285 g/mol. The Labute approximate surface area is 113 Å². The van der Waals surface area contributed by atoms with Gasteiger partial charge in [-0.3, -0.25) is 4.79 Å². The summed E-state index contributed by atoms with van der Waals surface area (Å²) in [5, 5.41) is 0.728. The van der Waals surface area contributed by atoms with E-state index in [-0.39, 0.29) is 11.8 Å². The van der Waals surface area contributed by atoms with Gasteiger partial charge in [-0.25, -0.2) is 9.69 Å². The molecule has 0 unspecified atom stereocenters. The van der Waals surface area contributed by atoms with Crippen molar-refractivity contribution in [3.05, 3.63) is 28.2 Å². The number of amides is 2. The number of anilines is 1. The van der Waals surface area contributed by atoms with Crippen molar-refractivity contribution >= 4 is 40.9 Å². The highest BCUT2D eigenvalue weighted by atomic mass is 35.5. The minimum Gasteiger partial charge on any atom is -0.432 e. The zero-order valence-corrected chi connectivity index (χ0v) is 11.0. The molecule has 2 aliphatic rings. The summed E-state index contributed by atoms with van der Waals surface area (Å²) < 4.78 is 5.18. The lowest BCUT2D eigenvalue weighted by atomic mass is 10.2. The molecule has 1 aliphatic carbocycles. The molecule has 6 heteroatoms. The van der Waals surface area contributed by atoms with Gasteiger partial charge in [-0.05, 0) is 18.2 Å². The van der Waals surface area contributed by atoms with Crippen LogP contribution in [0.5, 0.6) is 0 Å². The number of imide groups is 1. The summed E-state index contributed by atoms with van der Waals surface area (Å²) in [6.07, 6.45) is -0.0924. The Hall–Kier alpha value is -1.26. The Morgan fingerprint density at radius 3 is 2.28 bits per heavy atom. The maximum atomic E-state index is 12.2. The van der Waals surface area contributed by atoms with Crippen molar-refractivity contribution in [2.45, 2.75) is 18.9 Å². The molecule has 1 aromatic carbocycles. The quantitative estimate of drug-likeness (QED) is 0.796. The molecule has 3 rings (SSSR count). The van der Waals surface area contributed by atoms with Gasteiger partial charge in [0, 0.05) is 22.4 Å². The van der Waals surface area contributed by atoms with E-state index in [4.69, 9.17) is 27.9 Å². The highest BCUT2D eigenvalue weighted by molar-refractivity contribution is 6.35. The van der Waals surface area contributed by atoms with Crippen LogP contribution < -0.4 is 4.90 Å². The molecule has 1 aliphatic heterocycles. The number of hydrogen-bond acceptors (Lipinski definition) is 3. The van der Waals surface area contributed by atoms with Crippen molar-refractivity contribution in [2.75, 3.05) is 4.90 Å². The topological polar surface area (TPSA) is 46.6 Å². The van der Waals surface area contributed by atoms with Gasteiger partial charge in [-0.15, -0.1) is 0 Å². The highest BCUT2D eigenvalue weighted by Crippen LogP contribution is 2.52. The van der Waals surface area contributed by atoms with Gasteiger partial charge in [0.25, 0.3) is 5.91 Å². The van der Waals surface area contributed by atoms with Crippen molar-refractivity contribution in [2.24, 2.45) is 5.92 Å². The van der Waals surface area contributed by atoms with Gasteiger partial charge in [0.2, 0.25) is 0 Å². The second kappa shape index (κ2) is 3.62. The first kappa shape index (κ1) is 11.8. The molecule has 1 aromatic rings. The second-order valence-electron chi connectivity index (χ2n) is 4.63. The molecule has 2 amide bonds. The van der Waals surface area contributed by atoms with Gasteiger partial charge in [0.05, 0.1) is 5.69 Å². The average Bonchev–Trinajstić information content (AvgIpc) is 2.80. The van der Waals surface area contributed by atoms with E-state index in [0.29, 0.717) is 22.2 Å². The Kier molecular flexibility index (Phi) is 2.37. The third kappa shape index (κ3) is 1.52. The van der Waals surface area contributed by atoms with Crippen molar-refractivity contribution in [3.63, 3.8) is 0 Å². The largest absolute Gasteiger partial charge is 0.432 e. The Balaban J connectivity index is 2.02. The molecule has 2 fully saturated rings. The molecule has 0 aromatic heterocycles. The number of carbonyl (C=O) groups is 2. The van der Waals surface area contributed by atoms with E-state index in [1.807, 2.05) is 6.92 Å². The van der Waals surface area contributed by atoms with E-state index in [9.17, 15) is 9.59 Å². The summed E-state index contributed by atoms with van der Waals surface area (Å²) in [4.78, 5) is 25.0. The summed E-state index contributed by atoms with van der Waals surface area (Å²) in [7, 11) is 0. The van der Waals surface area contributed by atoms with Crippen molar-refractivity contribution in [3.8, 4) is 0 Å². The van der Waals surface area contributed by atoms with Crippen LogP contribution in [0.15, 0.2) is 18.2 Å². The molecule has 1 spiro atoms. The first-order valence-corrected chi connectivity index (χ1v) is 6.23. The van der Waals surface area contributed by atoms with Crippen molar-refractivity contribution in [1.29, 1.82) is 0 Å². The maximum absolute atomic E-state index is 12.2. The first-order valence-electron chi connectivity index (χ1n) is 5.48. The molecule has 4 nitrogen and oxygen atoms in total. The second-order valence-corrected chi connectivity index (χ2v) is 5.50. The number of halogens is 2. The zero-order chi connectivity index (χ0) is 13.1. The number of carbonyl (C=O) groups excluding carboxylic acids is 2. The summed E-state index contributed by atoms with van der Waals surface area (Å²) in [5.41, 5.74) is -0.607. The van der Waals surface area contributed by atoms with Gasteiger partial charge in [-0.2, -0.15) is 0 Å². The van der Waals surface area contributed by atoms with E-state index < -0.39 is 11.7 Å². The maximum Gasteiger partial charge on any atom is 0.422 e. The summed E-state index contributed by atoms with van der Waals surface area (Å²) in [6.45, 7) is 1.87. The van der Waals surface area contributed by atoms with Crippen LogP contribution >= 0.6 is 23.2 Å². The third-order valence-electron chi connectivity index (χ3n) is 3.37. The summed E-state index contributed by atoms with van der Waals surface area (Å²) in [6, 6.07) is 4.56. The van der Waals surface area contributed by atoms with Crippen LogP contribution in [0.3, 0.4) is 0 Å². The van der Waals surface area contributed by atoms with Crippen molar-refractivity contribution < 1.29 is 14.3 Å². The van der Waals surface area contributed by atoms with Crippen LogP contribution in [0.1, 0.15) is 13.3 Å². The predicted molar refractivity (Wildman–Crippen MR) is 66.9 cm³/mol. The standard InChI is InChI=1S/C12H9Cl2NO3/c1-6-5-12(6)10(16)15(11(17)18-12)9-3-7(13)2-8(14)4-9/h2-4,6H,5H2,1H3/t6-,12+/m0/s1. The van der Waals surface area contributed by atoms with Crippen LogP contribution in [-0.4, -0.2) is 17.6 Å². The Morgan fingerprint density at radius 2 is 1.83 bits per heavy atom.